The molecule has 0 saturated carbocycles. The zero-order chi connectivity index (χ0) is 13.1. The predicted molar refractivity (Wildman–Crippen MR) is 80.9 cm³/mol. The van der Waals surface area contributed by atoms with Crippen molar-refractivity contribution in [3.63, 3.8) is 0 Å². The van der Waals surface area contributed by atoms with Crippen LogP contribution in [0, 0.1) is 0 Å². The number of hydrogen-bond acceptors (Lipinski definition) is 2. The lowest BCUT2D eigenvalue weighted by Gasteiger charge is -2.14. The second kappa shape index (κ2) is 5.99. The molecule has 1 aromatic heterocycles. The van der Waals surface area contributed by atoms with E-state index in [1.54, 1.807) is 6.20 Å². The van der Waals surface area contributed by atoms with Crippen LogP contribution in [0.2, 0.25) is 0 Å². The van der Waals surface area contributed by atoms with Gasteiger partial charge in [0.1, 0.15) is 0 Å². The van der Waals surface area contributed by atoms with E-state index in [1.165, 1.54) is 5.56 Å². The maximum atomic E-state index is 6.05. The molecule has 2 N–H and O–H groups in total. The average Bonchev–Trinajstić information content (AvgIpc) is 2.75. The summed E-state index contributed by atoms with van der Waals surface area (Å²) in [6.45, 7) is 2.10. The van der Waals surface area contributed by atoms with Gasteiger partial charge in [-0.2, -0.15) is 5.10 Å². The van der Waals surface area contributed by atoms with Crippen molar-refractivity contribution in [1.29, 1.82) is 0 Å². The first-order valence-electron chi connectivity index (χ1n) is 5.84. The molecule has 1 unspecified atom stereocenters. The Morgan fingerprint density at radius 3 is 2.72 bits per heavy atom. The molecule has 0 aliphatic rings. The molecule has 1 heterocycles. The predicted octanol–water partition coefficient (Wildman–Crippen LogP) is 3.68. The zero-order valence-electron chi connectivity index (χ0n) is 10.1. The molecule has 5 heteroatoms. The molecular formula is C13H15Br2N3. The van der Waals surface area contributed by atoms with Gasteiger partial charge in [0, 0.05) is 16.7 Å². The van der Waals surface area contributed by atoms with Crippen LogP contribution in [0.3, 0.4) is 0 Å². The van der Waals surface area contributed by atoms with Gasteiger partial charge in [0.2, 0.25) is 0 Å². The fourth-order valence-electron chi connectivity index (χ4n) is 1.80. The fraction of sp³-hybridized carbons (Fsp3) is 0.308. The highest BCUT2D eigenvalue weighted by atomic mass is 79.9. The van der Waals surface area contributed by atoms with Crippen LogP contribution in [0.4, 0.5) is 0 Å². The summed E-state index contributed by atoms with van der Waals surface area (Å²) >= 11 is 6.92. The van der Waals surface area contributed by atoms with Gasteiger partial charge in [0.25, 0.3) is 0 Å². The van der Waals surface area contributed by atoms with Gasteiger partial charge in [-0.25, -0.2) is 4.68 Å². The quantitative estimate of drug-likeness (QED) is 0.889. The number of halogens is 2. The maximum absolute atomic E-state index is 6.05. The van der Waals surface area contributed by atoms with E-state index in [2.05, 4.69) is 56.0 Å². The van der Waals surface area contributed by atoms with Crippen molar-refractivity contribution >= 4 is 31.9 Å². The molecule has 1 aromatic carbocycles. The highest BCUT2D eigenvalue weighted by Crippen LogP contribution is 2.22. The number of aromatic nitrogens is 2. The van der Waals surface area contributed by atoms with E-state index >= 15 is 0 Å². The Kier molecular flexibility index (Phi) is 4.59. The second-order valence-corrected chi connectivity index (χ2v) is 6.08. The standard InChI is InChI=1S/C13H15Br2N3/c1-2-12(16)6-9-5-10(14)3-4-13(9)18-8-11(15)7-17-18/h3-5,7-8,12H,2,6,16H2,1H3. The van der Waals surface area contributed by atoms with Crippen molar-refractivity contribution in [2.45, 2.75) is 25.8 Å². The summed E-state index contributed by atoms with van der Waals surface area (Å²) in [5, 5.41) is 4.32. The summed E-state index contributed by atoms with van der Waals surface area (Å²) in [4.78, 5) is 0. The minimum atomic E-state index is 0.178. The van der Waals surface area contributed by atoms with Crippen LogP contribution in [0.5, 0.6) is 0 Å². The van der Waals surface area contributed by atoms with Crippen LogP contribution in [-0.4, -0.2) is 15.8 Å². The third kappa shape index (κ3) is 3.22. The second-order valence-electron chi connectivity index (χ2n) is 4.25. The Morgan fingerprint density at radius 1 is 1.33 bits per heavy atom. The van der Waals surface area contributed by atoms with Gasteiger partial charge in [-0.05, 0) is 52.5 Å². The summed E-state index contributed by atoms with van der Waals surface area (Å²) in [6.07, 6.45) is 5.55. The van der Waals surface area contributed by atoms with Crippen LogP contribution >= 0.6 is 31.9 Å². The molecule has 0 aliphatic carbocycles. The lowest BCUT2D eigenvalue weighted by molar-refractivity contribution is 0.642. The maximum Gasteiger partial charge on any atom is 0.0679 e. The number of benzene rings is 1. The van der Waals surface area contributed by atoms with Crippen molar-refractivity contribution in [3.8, 4) is 5.69 Å². The van der Waals surface area contributed by atoms with E-state index in [0.717, 1.165) is 27.5 Å². The Bertz CT molecular complexity index is 537. The topological polar surface area (TPSA) is 43.8 Å². The molecule has 0 spiro atoms. The molecule has 96 valence electrons. The summed E-state index contributed by atoms with van der Waals surface area (Å²) in [6, 6.07) is 6.37. The first kappa shape index (κ1) is 13.8. The molecular weight excluding hydrogens is 358 g/mol. The van der Waals surface area contributed by atoms with Gasteiger partial charge in [0.05, 0.1) is 16.4 Å². The van der Waals surface area contributed by atoms with Crippen LogP contribution in [0.1, 0.15) is 18.9 Å². The van der Waals surface area contributed by atoms with E-state index in [9.17, 15) is 0 Å². The van der Waals surface area contributed by atoms with E-state index in [4.69, 9.17) is 5.73 Å². The SMILES string of the molecule is CCC(N)Cc1cc(Br)ccc1-n1cc(Br)cn1. The Labute approximate surface area is 124 Å². The molecule has 1 atom stereocenters. The van der Waals surface area contributed by atoms with Crippen molar-refractivity contribution in [1.82, 2.24) is 9.78 Å². The Balaban J connectivity index is 2.40. The van der Waals surface area contributed by atoms with Crippen molar-refractivity contribution in [3.05, 3.63) is 45.1 Å². The van der Waals surface area contributed by atoms with Gasteiger partial charge in [0.15, 0.2) is 0 Å². The van der Waals surface area contributed by atoms with E-state index in [-0.39, 0.29) is 6.04 Å². The first-order valence-corrected chi connectivity index (χ1v) is 7.43. The van der Waals surface area contributed by atoms with Gasteiger partial charge < -0.3 is 5.73 Å². The monoisotopic (exact) mass is 371 g/mol. The lowest BCUT2D eigenvalue weighted by atomic mass is 10.0. The van der Waals surface area contributed by atoms with Crippen LogP contribution in [-0.2, 0) is 6.42 Å². The Morgan fingerprint density at radius 2 is 2.11 bits per heavy atom. The number of nitrogens with two attached hydrogens (primary N) is 1. The first-order chi connectivity index (χ1) is 8.60. The molecule has 2 rings (SSSR count). The number of hydrogen-bond donors (Lipinski definition) is 1. The Hall–Kier alpha value is -0.650. The van der Waals surface area contributed by atoms with Gasteiger partial charge in [-0.15, -0.1) is 0 Å². The highest BCUT2D eigenvalue weighted by molar-refractivity contribution is 9.10. The molecule has 0 fully saturated rings. The number of rotatable bonds is 4. The third-order valence-electron chi connectivity index (χ3n) is 2.85. The van der Waals surface area contributed by atoms with E-state index in [0.29, 0.717) is 0 Å². The summed E-state index contributed by atoms with van der Waals surface area (Å²) in [7, 11) is 0. The van der Waals surface area contributed by atoms with Crippen LogP contribution in [0.25, 0.3) is 5.69 Å². The van der Waals surface area contributed by atoms with Gasteiger partial charge in [-0.3, -0.25) is 0 Å². The lowest BCUT2D eigenvalue weighted by Crippen LogP contribution is -2.22. The van der Waals surface area contributed by atoms with Crippen molar-refractivity contribution in [2.75, 3.05) is 0 Å². The minimum Gasteiger partial charge on any atom is -0.327 e. The molecule has 0 aliphatic heterocycles. The van der Waals surface area contributed by atoms with Crippen LogP contribution in [0.15, 0.2) is 39.5 Å². The van der Waals surface area contributed by atoms with Gasteiger partial charge >= 0.3 is 0 Å². The molecule has 0 bridgehead atoms. The smallest absolute Gasteiger partial charge is 0.0679 e. The highest BCUT2D eigenvalue weighted by Gasteiger charge is 2.10. The molecule has 2 aromatic rings. The van der Waals surface area contributed by atoms with E-state index in [1.807, 2.05) is 16.9 Å². The van der Waals surface area contributed by atoms with Crippen molar-refractivity contribution < 1.29 is 0 Å². The largest absolute Gasteiger partial charge is 0.327 e. The minimum absolute atomic E-state index is 0.178. The molecule has 0 amide bonds. The number of nitrogens with zero attached hydrogens (tertiary/aromatic N) is 2. The zero-order valence-corrected chi connectivity index (χ0v) is 13.3. The van der Waals surface area contributed by atoms with Crippen LogP contribution < -0.4 is 5.73 Å². The van der Waals surface area contributed by atoms with Gasteiger partial charge in [-0.1, -0.05) is 22.9 Å². The fourth-order valence-corrected chi connectivity index (χ4v) is 2.49. The third-order valence-corrected chi connectivity index (χ3v) is 3.75. The molecule has 0 saturated heterocycles. The summed E-state index contributed by atoms with van der Waals surface area (Å²) in [5.41, 5.74) is 8.33. The van der Waals surface area contributed by atoms with E-state index < -0.39 is 0 Å². The molecule has 18 heavy (non-hydrogen) atoms. The average molecular weight is 373 g/mol. The summed E-state index contributed by atoms with van der Waals surface area (Å²) < 4.78 is 3.90. The normalized spacial score (nSPS) is 12.7. The summed E-state index contributed by atoms with van der Waals surface area (Å²) in [5.74, 6) is 0. The molecule has 3 nitrogen and oxygen atoms in total. The van der Waals surface area contributed by atoms with Crippen molar-refractivity contribution in [2.24, 2.45) is 5.73 Å². The molecule has 0 radical (unpaired) electrons.